The summed E-state index contributed by atoms with van der Waals surface area (Å²) < 4.78 is 43.7. The van der Waals surface area contributed by atoms with Gasteiger partial charge in [0, 0.05) is 4.88 Å². The smallest absolute Gasteiger partial charge is 0.417 e. The third-order valence-electron chi connectivity index (χ3n) is 4.46. The van der Waals surface area contributed by atoms with E-state index in [1.807, 2.05) is 0 Å². The van der Waals surface area contributed by atoms with Crippen LogP contribution in [0.5, 0.6) is 0 Å². The SMILES string of the molecule is NC(=O)c1c(NC(=O)COC(=O)c2ccccc2C(F)(F)F)sc2c1CCCC2. The van der Waals surface area contributed by atoms with Gasteiger partial charge in [-0.2, -0.15) is 13.2 Å². The van der Waals surface area contributed by atoms with Crippen LogP contribution in [-0.4, -0.2) is 24.4 Å². The lowest BCUT2D eigenvalue weighted by molar-refractivity contribution is -0.138. The molecule has 0 radical (unpaired) electrons. The number of nitrogens with two attached hydrogens (primary N) is 1. The number of carbonyl (C=O) groups excluding carboxylic acids is 3. The number of hydrogen-bond donors (Lipinski definition) is 2. The standard InChI is InChI=1S/C19H17F3N2O4S/c20-19(21,22)12-7-3-1-5-10(12)18(27)28-9-14(25)24-17-15(16(23)26)11-6-2-4-8-13(11)29-17/h1,3,5,7H,2,4,6,8-9H2,(H2,23,26)(H,24,25). The van der Waals surface area contributed by atoms with Gasteiger partial charge >= 0.3 is 12.1 Å². The van der Waals surface area contributed by atoms with Gasteiger partial charge in [-0.15, -0.1) is 11.3 Å². The van der Waals surface area contributed by atoms with Gasteiger partial charge in [-0.25, -0.2) is 4.79 Å². The van der Waals surface area contributed by atoms with E-state index in [1.54, 1.807) is 0 Å². The van der Waals surface area contributed by atoms with E-state index in [1.165, 1.54) is 17.4 Å². The zero-order valence-electron chi connectivity index (χ0n) is 15.1. The molecule has 29 heavy (non-hydrogen) atoms. The Labute approximate surface area is 167 Å². The molecule has 0 spiro atoms. The Kier molecular flexibility index (Phi) is 5.92. The van der Waals surface area contributed by atoms with Gasteiger partial charge in [0.2, 0.25) is 0 Å². The van der Waals surface area contributed by atoms with Crippen molar-refractivity contribution in [1.29, 1.82) is 0 Å². The average Bonchev–Trinajstić information content (AvgIpc) is 3.03. The van der Waals surface area contributed by atoms with Crippen LogP contribution in [-0.2, 0) is 28.5 Å². The van der Waals surface area contributed by atoms with Gasteiger partial charge in [-0.3, -0.25) is 9.59 Å². The first-order valence-electron chi connectivity index (χ1n) is 8.76. The number of primary amides is 1. The molecule has 1 aliphatic rings. The Hall–Kier alpha value is -2.88. The lowest BCUT2D eigenvalue weighted by Gasteiger charge is -2.12. The number of halogens is 3. The first-order valence-corrected chi connectivity index (χ1v) is 9.57. The molecule has 6 nitrogen and oxygen atoms in total. The van der Waals surface area contributed by atoms with E-state index in [0.717, 1.165) is 47.9 Å². The number of fused-ring (bicyclic) bond motifs is 1. The summed E-state index contributed by atoms with van der Waals surface area (Å²) in [7, 11) is 0. The number of hydrogen-bond acceptors (Lipinski definition) is 5. The van der Waals surface area contributed by atoms with Gasteiger partial charge in [0.05, 0.1) is 16.7 Å². The number of alkyl halides is 3. The van der Waals surface area contributed by atoms with E-state index < -0.39 is 41.7 Å². The van der Waals surface area contributed by atoms with E-state index in [0.29, 0.717) is 6.42 Å². The van der Waals surface area contributed by atoms with E-state index in [2.05, 4.69) is 5.32 Å². The van der Waals surface area contributed by atoms with Crippen LogP contribution in [0.15, 0.2) is 24.3 Å². The normalized spacial score (nSPS) is 13.5. The molecule has 10 heteroatoms. The fourth-order valence-electron chi connectivity index (χ4n) is 3.19. The van der Waals surface area contributed by atoms with Gasteiger partial charge < -0.3 is 15.8 Å². The third kappa shape index (κ3) is 4.58. The van der Waals surface area contributed by atoms with Crippen molar-refractivity contribution >= 4 is 34.1 Å². The highest BCUT2D eigenvalue weighted by atomic mass is 32.1. The summed E-state index contributed by atoms with van der Waals surface area (Å²) >= 11 is 1.23. The average molecular weight is 426 g/mol. The third-order valence-corrected chi connectivity index (χ3v) is 5.66. The van der Waals surface area contributed by atoms with Crippen molar-refractivity contribution < 1.29 is 32.3 Å². The molecular formula is C19H17F3N2O4S. The maximum absolute atomic E-state index is 13.0. The molecule has 0 atom stereocenters. The summed E-state index contributed by atoms with van der Waals surface area (Å²) in [6, 6.07) is 4.14. The minimum Gasteiger partial charge on any atom is -0.452 e. The number of rotatable bonds is 5. The second-order valence-corrected chi connectivity index (χ2v) is 7.55. The van der Waals surface area contributed by atoms with Crippen LogP contribution in [0, 0.1) is 0 Å². The summed E-state index contributed by atoms with van der Waals surface area (Å²) in [5, 5.41) is 2.75. The van der Waals surface area contributed by atoms with Crippen LogP contribution in [0.4, 0.5) is 18.2 Å². The molecule has 2 aromatic rings. The van der Waals surface area contributed by atoms with Gasteiger partial charge in [-0.1, -0.05) is 12.1 Å². The molecule has 3 rings (SSSR count). The maximum Gasteiger partial charge on any atom is 0.417 e. The van der Waals surface area contributed by atoms with Crippen LogP contribution in [0.3, 0.4) is 0 Å². The molecule has 0 fully saturated rings. The van der Waals surface area contributed by atoms with Crippen LogP contribution in [0.1, 0.15) is 49.6 Å². The fraction of sp³-hybridized carbons (Fsp3) is 0.316. The number of benzene rings is 1. The van der Waals surface area contributed by atoms with Crippen LogP contribution in [0.25, 0.3) is 0 Å². The molecule has 0 aliphatic heterocycles. The topological polar surface area (TPSA) is 98.5 Å². The van der Waals surface area contributed by atoms with Crippen molar-refractivity contribution in [3.8, 4) is 0 Å². The number of carbonyl (C=O) groups is 3. The predicted octanol–water partition coefficient (Wildman–Crippen LogP) is 3.54. The Morgan fingerprint density at radius 2 is 1.83 bits per heavy atom. The van der Waals surface area contributed by atoms with Crippen molar-refractivity contribution in [2.75, 3.05) is 11.9 Å². The maximum atomic E-state index is 13.0. The lowest BCUT2D eigenvalue weighted by atomic mass is 9.95. The number of anilines is 1. The van der Waals surface area contributed by atoms with Crippen molar-refractivity contribution in [2.45, 2.75) is 31.9 Å². The quantitative estimate of drug-likeness (QED) is 0.715. The van der Waals surface area contributed by atoms with E-state index >= 15 is 0 Å². The van der Waals surface area contributed by atoms with Crippen molar-refractivity contribution in [3.05, 3.63) is 51.4 Å². The van der Waals surface area contributed by atoms with Crippen LogP contribution in [0.2, 0.25) is 0 Å². The highest BCUT2D eigenvalue weighted by molar-refractivity contribution is 7.17. The molecule has 0 bridgehead atoms. The molecule has 154 valence electrons. The van der Waals surface area contributed by atoms with Crippen molar-refractivity contribution in [2.24, 2.45) is 5.73 Å². The van der Waals surface area contributed by atoms with Gasteiger partial charge in [0.15, 0.2) is 6.61 Å². The summed E-state index contributed by atoms with van der Waals surface area (Å²) in [5.74, 6) is -2.71. The molecular weight excluding hydrogens is 409 g/mol. The summed E-state index contributed by atoms with van der Waals surface area (Å²) in [4.78, 5) is 37.0. The number of amides is 2. The molecule has 0 unspecified atom stereocenters. The number of esters is 1. The minimum atomic E-state index is -4.73. The number of aryl methyl sites for hydroxylation is 1. The second-order valence-electron chi connectivity index (χ2n) is 6.45. The monoisotopic (exact) mass is 426 g/mol. The Balaban J connectivity index is 1.69. The first kappa shape index (κ1) is 20.8. The van der Waals surface area contributed by atoms with Crippen molar-refractivity contribution in [1.82, 2.24) is 0 Å². The lowest BCUT2D eigenvalue weighted by Crippen LogP contribution is -2.23. The Morgan fingerprint density at radius 3 is 2.52 bits per heavy atom. The highest BCUT2D eigenvalue weighted by Gasteiger charge is 2.35. The zero-order chi connectivity index (χ0) is 21.2. The molecule has 1 aliphatic carbocycles. The number of ether oxygens (including phenoxy) is 1. The van der Waals surface area contributed by atoms with Crippen LogP contribution < -0.4 is 11.1 Å². The second kappa shape index (κ2) is 8.24. The largest absolute Gasteiger partial charge is 0.452 e. The highest BCUT2D eigenvalue weighted by Crippen LogP contribution is 2.38. The van der Waals surface area contributed by atoms with Crippen LogP contribution >= 0.6 is 11.3 Å². The first-order chi connectivity index (χ1) is 13.7. The number of thiophene rings is 1. The fourth-order valence-corrected chi connectivity index (χ4v) is 4.51. The number of nitrogens with one attached hydrogen (secondary N) is 1. The van der Waals surface area contributed by atoms with Gasteiger partial charge in [0.25, 0.3) is 11.8 Å². The van der Waals surface area contributed by atoms with E-state index in [4.69, 9.17) is 10.5 Å². The molecule has 1 heterocycles. The van der Waals surface area contributed by atoms with Gasteiger partial charge in [-0.05, 0) is 43.4 Å². The minimum absolute atomic E-state index is 0.242. The van der Waals surface area contributed by atoms with E-state index in [9.17, 15) is 27.6 Å². The molecule has 1 aromatic carbocycles. The molecule has 0 saturated carbocycles. The predicted molar refractivity (Wildman–Crippen MR) is 99.8 cm³/mol. The summed E-state index contributed by atoms with van der Waals surface area (Å²) in [6.07, 6.45) is -1.39. The Morgan fingerprint density at radius 1 is 1.14 bits per heavy atom. The molecule has 0 saturated heterocycles. The molecule has 2 amide bonds. The molecule has 1 aromatic heterocycles. The summed E-state index contributed by atoms with van der Waals surface area (Å²) in [6.45, 7) is -0.800. The zero-order valence-corrected chi connectivity index (χ0v) is 15.9. The van der Waals surface area contributed by atoms with Gasteiger partial charge in [0.1, 0.15) is 5.00 Å². The van der Waals surface area contributed by atoms with Crippen molar-refractivity contribution in [3.63, 3.8) is 0 Å². The van der Waals surface area contributed by atoms with E-state index in [-0.39, 0.29) is 10.6 Å². The Bertz CT molecular complexity index is 969. The molecule has 3 N–H and O–H groups in total. The summed E-state index contributed by atoms with van der Waals surface area (Å²) in [5.41, 5.74) is 4.67.